The van der Waals surface area contributed by atoms with Gasteiger partial charge in [0.15, 0.2) is 0 Å². The molecule has 0 aliphatic heterocycles. The molecule has 0 saturated heterocycles. The molecule has 0 radical (unpaired) electrons. The van der Waals surface area contributed by atoms with Crippen molar-refractivity contribution in [2.45, 2.75) is 0 Å². The Kier molecular flexibility index (Phi) is 36.4. The van der Waals surface area contributed by atoms with E-state index in [0.29, 0.717) is 0 Å². The Morgan fingerprint density at radius 3 is 0.737 bits per heavy atom. The minimum absolute atomic E-state index is 0. The van der Waals surface area contributed by atoms with Crippen molar-refractivity contribution in [1.29, 1.82) is 0 Å². The van der Waals surface area contributed by atoms with Crippen LogP contribution >= 0.6 is 0 Å². The largest absolute Gasteiger partial charge is 1.00 e. The van der Waals surface area contributed by atoms with E-state index in [1.54, 1.807) is 0 Å². The second kappa shape index (κ2) is 17.7. The molecule has 0 fully saturated rings. The number of rotatable bonds is 3. The van der Waals surface area contributed by atoms with Crippen molar-refractivity contribution in [2.75, 3.05) is 0 Å². The van der Waals surface area contributed by atoms with Crippen LogP contribution in [-0.4, -0.2) is 43.5 Å². The van der Waals surface area contributed by atoms with Gasteiger partial charge in [0, 0.05) is 10.4 Å². The van der Waals surface area contributed by atoms with Gasteiger partial charge in [-0.05, 0) is 0 Å². The molecular formula is K2Na2O12S3. The van der Waals surface area contributed by atoms with Crippen LogP contribution in [0.2, 0.25) is 0 Å². The molecule has 0 spiro atoms. The molecule has 0 aliphatic carbocycles. The Bertz CT molecular complexity index is 433. The summed E-state index contributed by atoms with van der Waals surface area (Å²) in [5.74, 6) is 0. The number of hydrogen-bond acceptors (Lipinski definition) is 12. The van der Waals surface area contributed by atoms with Crippen LogP contribution < -0.4 is 162 Å². The molecule has 19 heteroatoms. The second-order valence-corrected chi connectivity index (χ2v) is 4.08. The summed E-state index contributed by atoms with van der Waals surface area (Å²) >= 11 is 0. The molecule has 94 valence electrons. The molecule has 0 saturated carbocycles. The summed E-state index contributed by atoms with van der Waals surface area (Å²) in [4.78, 5) is 0. The van der Waals surface area contributed by atoms with Gasteiger partial charge in [0.05, 0.1) is 0 Å². The van der Waals surface area contributed by atoms with Crippen molar-refractivity contribution in [2.24, 2.45) is 0 Å². The van der Waals surface area contributed by atoms with Crippen molar-refractivity contribution >= 4 is 31.2 Å². The average molecular weight is 412 g/mol. The van der Waals surface area contributed by atoms with Crippen LogP contribution in [0.25, 0.3) is 0 Å². The van der Waals surface area contributed by atoms with Crippen LogP contribution in [0.5, 0.6) is 0 Å². The van der Waals surface area contributed by atoms with Crippen molar-refractivity contribution in [3.63, 3.8) is 0 Å². The van der Waals surface area contributed by atoms with Gasteiger partial charge in [0.1, 0.15) is 0 Å². The minimum Gasteiger partial charge on any atom is -0.759 e. The minimum atomic E-state index is -5.31. The maximum Gasteiger partial charge on any atom is 1.00 e. The third-order valence-corrected chi connectivity index (χ3v) is 0.750. The van der Waals surface area contributed by atoms with Gasteiger partial charge in [-0.25, -0.2) is 16.8 Å². The predicted molar refractivity (Wildman–Crippen MR) is 32.0 cm³/mol. The summed E-state index contributed by atoms with van der Waals surface area (Å²) in [6.07, 6.45) is 0. The zero-order chi connectivity index (χ0) is 12.9. The fraction of sp³-hybridized carbons (Fsp3) is 0. The van der Waals surface area contributed by atoms with Crippen molar-refractivity contribution in [1.82, 2.24) is 0 Å². The van der Waals surface area contributed by atoms with Crippen molar-refractivity contribution in [3.05, 3.63) is 0 Å². The zero-order valence-electron chi connectivity index (χ0n) is 10.1. The molecule has 0 unspecified atom stereocenters. The quantitative estimate of drug-likeness (QED) is 0.139. The van der Waals surface area contributed by atoms with Crippen molar-refractivity contribution < 1.29 is 214 Å². The van der Waals surface area contributed by atoms with Crippen LogP contribution in [0.4, 0.5) is 0 Å². The van der Waals surface area contributed by atoms with E-state index >= 15 is 0 Å². The molecule has 12 nitrogen and oxygen atoms in total. The van der Waals surface area contributed by atoms with Crippen LogP contribution in [-0.2, 0) is 39.9 Å². The molecule has 19 heavy (non-hydrogen) atoms. The Balaban J connectivity index is -0.0000000418. The van der Waals surface area contributed by atoms with Gasteiger partial charge < -0.3 is 18.2 Å². The van der Waals surface area contributed by atoms with E-state index in [1.807, 2.05) is 0 Å². The fourth-order valence-electron chi connectivity index (χ4n) is 0.0680. The van der Waals surface area contributed by atoms with Crippen LogP contribution in [0.1, 0.15) is 0 Å². The fourth-order valence-corrected chi connectivity index (χ4v) is 0.612. The smallest absolute Gasteiger partial charge is 0.759 e. The Morgan fingerprint density at radius 2 is 0.684 bits per heavy atom. The van der Waals surface area contributed by atoms with Gasteiger partial charge in [-0.1, -0.05) is 0 Å². The van der Waals surface area contributed by atoms with Crippen LogP contribution in [0, 0.1) is 0 Å². The predicted octanol–water partition coefficient (Wildman–Crippen LogP) is -15.5. The van der Waals surface area contributed by atoms with Gasteiger partial charge in [-0.3, -0.25) is 8.42 Å². The Hall–Kier alpha value is 4.88. The van der Waals surface area contributed by atoms with Crippen LogP contribution in [0.3, 0.4) is 0 Å². The first-order valence-corrected chi connectivity index (χ1v) is 6.17. The van der Waals surface area contributed by atoms with E-state index in [4.69, 9.17) is 17.5 Å². The molecule has 0 amide bonds. The van der Waals surface area contributed by atoms with E-state index in [0.717, 1.165) is 0 Å². The molecule has 0 atom stereocenters. The van der Waals surface area contributed by atoms with Gasteiger partial charge in [0.2, 0.25) is 20.8 Å². The summed E-state index contributed by atoms with van der Waals surface area (Å²) < 4.78 is 95.5. The van der Waals surface area contributed by atoms with Crippen LogP contribution in [0.15, 0.2) is 0 Å². The van der Waals surface area contributed by atoms with E-state index in [9.17, 15) is 25.9 Å². The molecular weight excluding hydrogens is 412 g/mol. The van der Waals surface area contributed by atoms with E-state index in [-0.39, 0.29) is 162 Å². The van der Waals surface area contributed by atoms with Gasteiger partial charge >= 0.3 is 162 Å². The first-order chi connectivity index (χ1) is 6.21. The topological polar surface area (TPSA) is 213 Å². The molecule has 0 aliphatic rings. The zero-order valence-corrected chi connectivity index (χ0v) is 22.8. The molecule has 0 rings (SSSR count). The molecule has 0 aromatic carbocycles. The van der Waals surface area contributed by atoms with E-state index in [1.165, 1.54) is 0 Å². The summed E-state index contributed by atoms with van der Waals surface area (Å²) in [5, 5.41) is 0. The van der Waals surface area contributed by atoms with Gasteiger partial charge in [0.25, 0.3) is 0 Å². The number of hydrogen-bond donors (Lipinski definition) is 0. The maximum atomic E-state index is 9.37. The third-order valence-electron chi connectivity index (χ3n) is 0.194. The third kappa shape index (κ3) is 70.7. The monoisotopic (exact) mass is 412 g/mol. The van der Waals surface area contributed by atoms with Gasteiger partial charge in [-0.15, -0.1) is 8.67 Å². The summed E-state index contributed by atoms with van der Waals surface area (Å²) in [6.45, 7) is 0. The first kappa shape index (κ1) is 39.1. The normalized spacial score (nSPS) is 10.1. The Labute approximate surface area is 239 Å². The summed E-state index contributed by atoms with van der Waals surface area (Å²) in [7, 11) is -15.8. The molecule has 0 aromatic rings. The Morgan fingerprint density at radius 1 is 0.579 bits per heavy atom. The van der Waals surface area contributed by atoms with E-state index < -0.39 is 31.2 Å². The summed E-state index contributed by atoms with van der Waals surface area (Å²) in [6, 6.07) is 0. The molecule has 0 aromatic heterocycles. The summed E-state index contributed by atoms with van der Waals surface area (Å²) in [5.41, 5.74) is 0. The molecule has 0 heterocycles. The maximum absolute atomic E-state index is 9.37. The van der Waals surface area contributed by atoms with E-state index in [2.05, 4.69) is 8.67 Å². The first-order valence-electron chi connectivity index (χ1n) is 2.17. The SMILES string of the molecule is O=S(=O)([O-])OOS(=O)(=O)[O-].O=S(=O)([O-])[O-].[K+].[K+].[Na+].[Na+]. The second-order valence-electron chi connectivity index (χ2n) is 1.36. The van der Waals surface area contributed by atoms with Gasteiger partial charge in [-0.2, -0.15) is 0 Å². The average Bonchev–Trinajstić information content (AvgIpc) is 1.76. The molecule has 0 N–H and O–H groups in total. The molecule has 0 bridgehead atoms. The standard InChI is InChI=1S/2K.2Na.H2O8S2.H2O4S/c;;;;1-9(2,3)7-8-10(4,5)6;1-5(2,3)4/h;;;;(H,1,2,3)(H,4,5,6);(H2,1,2,3,4)/q4*+1;;/p-4. The van der Waals surface area contributed by atoms with Crippen molar-refractivity contribution in [3.8, 4) is 0 Å².